The van der Waals surface area contributed by atoms with E-state index in [2.05, 4.69) is 17.6 Å². The number of hydrogen-bond donors (Lipinski definition) is 0. The van der Waals surface area contributed by atoms with Crippen molar-refractivity contribution in [2.45, 2.75) is 103 Å². The van der Waals surface area contributed by atoms with Crippen molar-refractivity contribution in [3.05, 3.63) is 30.1 Å². The minimum atomic E-state index is 0. The van der Waals surface area contributed by atoms with E-state index in [0.29, 0.717) is 0 Å². The largest absolute Gasteiger partial charge is 1.00 e. The molecule has 3 heteroatoms. The Bertz CT molecular complexity index is 436. The van der Waals surface area contributed by atoms with Gasteiger partial charge in [-0.15, -0.1) is 0 Å². The summed E-state index contributed by atoms with van der Waals surface area (Å²) in [6, 6.07) is 5.95. The summed E-state index contributed by atoms with van der Waals surface area (Å²) in [4.78, 5) is 0. The second-order valence-electron chi connectivity index (χ2n) is 7.03. The predicted octanol–water partition coefficient (Wildman–Crippen LogP) is 3.33. The normalized spacial score (nSPS) is 10.2. The summed E-state index contributed by atoms with van der Waals surface area (Å²) in [6.07, 6.45) is 23.7. The van der Waals surface area contributed by atoms with E-state index in [-0.39, 0.29) is 17.0 Å². The SMILES string of the molecule is CCCCCCCCCCCCCCCC[n+]1ccc(C#N)cc1.[Br-]. The van der Waals surface area contributed by atoms with Gasteiger partial charge in [0.05, 0.1) is 11.6 Å². The summed E-state index contributed by atoms with van der Waals surface area (Å²) in [5.41, 5.74) is 0.743. The van der Waals surface area contributed by atoms with Crippen molar-refractivity contribution in [2.75, 3.05) is 0 Å². The van der Waals surface area contributed by atoms with Gasteiger partial charge >= 0.3 is 0 Å². The first-order valence-corrected chi connectivity index (χ1v) is 10.3. The Labute approximate surface area is 166 Å². The Morgan fingerprint density at radius 2 is 1.12 bits per heavy atom. The molecule has 0 amide bonds. The molecule has 0 spiro atoms. The van der Waals surface area contributed by atoms with Gasteiger partial charge in [0.15, 0.2) is 12.4 Å². The van der Waals surface area contributed by atoms with Crippen molar-refractivity contribution < 1.29 is 21.5 Å². The van der Waals surface area contributed by atoms with E-state index in [1.807, 2.05) is 24.5 Å². The van der Waals surface area contributed by atoms with Crippen LogP contribution in [0.25, 0.3) is 0 Å². The van der Waals surface area contributed by atoms with Crippen LogP contribution in [0.4, 0.5) is 0 Å². The first-order valence-electron chi connectivity index (χ1n) is 10.3. The number of nitriles is 1. The van der Waals surface area contributed by atoms with Gasteiger partial charge in [-0.1, -0.05) is 84.0 Å². The van der Waals surface area contributed by atoms with Crippen LogP contribution in [0, 0.1) is 11.3 Å². The average Bonchev–Trinajstić information content (AvgIpc) is 2.62. The van der Waals surface area contributed by atoms with Crippen LogP contribution >= 0.6 is 0 Å². The lowest BCUT2D eigenvalue weighted by molar-refractivity contribution is -0.697. The third kappa shape index (κ3) is 14.0. The molecule has 0 saturated heterocycles. The van der Waals surface area contributed by atoms with E-state index in [0.717, 1.165) is 12.1 Å². The number of unbranched alkanes of at least 4 members (excludes halogenated alkanes) is 13. The number of pyridine rings is 1. The van der Waals surface area contributed by atoms with Crippen LogP contribution in [-0.2, 0) is 6.54 Å². The molecule has 0 unspecified atom stereocenters. The van der Waals surface area contributed by atoms with Crippen LogP contribution < -0.4 is 21.5 Å². The number of rotatable bonds is 15. The van der Waals surface area contributed by atoms with Crippen molar-refractivity contribution in [3.63, 3.8) is 0 Å². The molecule has 0 radical (unpaired) electrons. The van der Waals surface area contributed by atoms with E-state index in [9.17, 15) is 0 Å². The van der Waals surface area contributed by atoms with Crippen LogP contribution in [0.3, 0.4) is 0 Å². The number of aromatic nitrogens is 1. The van der Waals surface area contributed by atoms with Gasteiger partial charge < -0.3 is 17.0 Å². The van der Waals surface area contributed by atoms with E-state index in [1.165, 1.54) is 89.9 Å². The van der Waals surface area contributed by atoms with Gasteiger partial charge in [0.2, 0.25) is 0 Å². The first kappa shape index (κ1) is 24.1. The molecule has 0 fully saturated rings. The molecule has 0 aliphatic heterocycles. The van der Waals surface area contributed by atoms with Gasteiger partial charge in [-0.2, -0.15) is 5.26 Å². The van der Waals surface area contributed by atoms with Gasteiger partial charge in [-0.3, -0.25) is 0 Å². The molecule has 142 valence electrons. The third-order valence-electron chi connectivity index (χ3n) is 4.79. The zero-order valence-corrected chi connectivity index (χ0v) is 17.8. The van der Waals surface area contributed by atoms with Crippen molar-refractivity contribution in [3.8, 4) is 6.07 Å². The Morgan fingerprint density at radius 3 is 1.52 bits per heavy atom. The summed E-state index contributed by atoms with van der Waals surface area (Å²) in [5, 5.41) is 8.78. The fourth-order valence-corrected chi connectivity index (χ4v) is 3.17. The van der Waals surface area contributed by atoms with Crippen LogP contribution in [0.15, 0.2) is 24.5 Å². The van der Waals surface area contributed by atoms with Crippen LogP contribution in [0.5, 0.6) is 0 Å². The maximum atomic E-state index is 8.78. The minimum absolute atomic E-state index is 0. The molecule has 1 rings (SSSR count). The Balaban J connectivity index is 0.00000576. The molecule has 0 atom stereocenters. The molecule has 2 nitrogen and oxygen atoms in total. The third-order valence-corrected chi connectivity index (χ3v) is 4.79. The summed E-state index contributed by atoms with van der Waals surface area (Å²) in [7, 11) is 0. The zero-order chi connectivity index (χ0) is 17.3. The van der Waals surface area contributed by atoms with Gasteiger partial charge in [-0.05, 0) is 6.42 Å². The lowest BCUT2D eigenvalue weighted by Gasteiger charge is -2.03. The van der Waals surface area contributed by atoms with Crippen LogP contribution in [0.2, 0.25) is 0 Å². The van der Waals surface area contributed by atoms with E-state index >= 15 is 0 Å². The molecule has 0 aliphatic carbocycles. The second kappa shape index (κ2) is 17.9. The maximum absolute atomic E-state index is 8.78. The van der Waals surface area contributed by atoms with Crippen molar-refractivity contribution in [2.24, 2.45) is 0 Å². The molecule has 0 bridgehead atoms. The number of halogens is 1. The summed E-state index contributed by atoms with van der Waals surface area (Å²) >= 11 is 0. The van der Waals surface area contributed by atoms with Gasteiger partial charge in [0, 0.05) is 18.6 Å². The first-order chi connectivity index (χ1) is 11.9. The standard InChI is InChI=1S/C22H37N2.BrH/c1-2-3-4-5-6-7-8-9-10-11-12-13-14-15-18-24-19-16-22(21-23)17-20-24;/h16-17,19-20H,2-15,18H2,1H3;1H/q+1;/p-1. The summed E-state index contributed by atoms with van der Waals surface area (Å²) < 4.78 is 2.18. The molecule has 1 aromatic rings. The predicted molar refractivity (Wildman–Crippen MR) is 102 cm³/mol. The number of hydrogen-bond acceptors (Lipinski definition) is 1. The monoisotopic (exact) mass is 408 g/mol. The quantitative estimate of drug-likeness (QED) is 0.323. The van der Waals surface area contributed by atoms with E-state index < -0.39 is 0 Å². The second-order valence-corrected chi connectivity index (χ2v) is 7.03. The Morgan fingerprint density at radius 1 is 0.720 bits per heavy atom. The van der Waals surface area contributed by atoms with Crippen molar-refractivity contribution in [1.82, 2.24) is 0 Å². The zero-order valence-electron chi connectivity index (χ0n) is 16.2. The highest BCUT2D eigenvalue weighted by atomic mass is 79.9. The average molecular weight is 409 g/mol. The molecule has 0 aliphatic rings. The van der Waals surface area contributed by atoms with Crippen molar-refractivity contribution >= 4 is 0 Å². The lowest BCUT2D eigenvalue weighted by atomic mass is 10.0. The van der Waals surface area contributed by atoms with Crippen molar-refractivity contribution in [1.29, 1.82) is 5.26 Å². The van der Waals surface area contributed by atoms with Crippen LogP contribution in [0.1, 0.15) is 102 Å². The molecule has 0 aromatic carbocycles. The fourth-order valence-electron chi connectivity index (χ4n) is 3.17. The molecule has 1 aromatic heterocycles. The van der Waals surface area contributed by atoms with Gasteiger partial charge in [-0.25, -0.2) is 4.57 Å². The number of nitrogens with zero attached hydrogens (tertiary/aromatic N) is 2. The highest BCUT2D eigenvalue weighted by Crippen LogP contribution is 2.12. The molecule has 0 saturated carbocycles. The smallest absolute Gasteiger partial charge is 0.170 e. The molecule has 1 heterocycles. The maximum Gasteiger partial charge on any atom is 0.170 e. The highest BCUT2D eigenvalue weighted by molar-refractivity contribution is 5.23. The fraction of sp³-hybridized carbons (Fsp3) is 0.727. The van der Waals surface area contributed by atoms with Crippen LogP contribution in [-0.4, -0.2) is 0 Å². The van der Waals surface area contributed by atoms with E-state index in [4.69, 9.17) is 5.26 Å². The Kier molecular flexibility index (Phi) is 17.3. The topological polar surface area (TPSA) is 27.7 Å². The molecule has 25 heavy (non-hydrogen) atoms. The molecular formula is C22H37BrN2. The molecular weight excluding hydrogens is 372 g/mol. The minimum Gasteiger partial charge on any atom is -1.00 e. The molecule has 0 N–H and O–H groups in total. The van der Waals surface area contributed by atoms with Gasteiger partial charge in [0.25, 0.3) is 0 Å². The van der Waals surface area contributed by atoms with E-state index in [1.54, 1.807) is 0 Å². The summed E-state index contributed by atoms with van der Waals surface area (Å²) in [5.74, 6) is 0. The summed E-state index contributed by atoms with van der Waals surface area (Å²) in [6.45, 7) is 3.36. The highest BCUT2D eigenvalue weighted by Gasteiger charge is 2.00. The Hall–Kier alpha value is -0.880. The lowest BCUT2D eigenvalue weighted by Crippen LogP contribution is -3.00. The number of aryl methyl sites for hydroxylation is 1. The van der Waals surface area contributed by atoms with Gasteiger partial charge in [0.1, 0.15) is 6.54 Å².